The molecule has 1 aromatic heterocycles. The lowest BCUT2D eigenvalue weighted by molar-refractivity contribution is -0.636. The number of carbonyl (C=O) groups is 1. The van der Waals surface area contributed by atoms with E-state index in [1.54, 1.807) is 7.11 Å². The third-order valence-electron chi connectivity index (χ3n) is 6.41. The van der Waals surface area contributed by atoms with Crippen LogP contribution in [0.4, 0.5) is 0 Å². The van der Waals surface area contributed by atoms with Crippen LogP contribution in [0.25, 0.3) is 0 Å². The first-order valence-corrected chi connectivity index (χ1v) is 13.0. The summed E-state index contributed by atoms with van der Waals surface area (Å²) in [6.45, 7) is 6.67. The minimum absolute atomic E-state index is 0.726. The summed E-state index contributed by atoms with van der Waals surface area (Å²) in [5.41, 5.74) is 2.86. The molecule has 1 saturated carbocycles. The number of hydrogen-bond acceptors (Lipinski definition) is 2. The summed E-state index contributed by atoms with van der Waals surface area (Å²) in [6, 6.07) is 4.29. The predicted molar refractivity (Wildman–Crippen MR) is 142 cm³/mol. The number of ether oxygens (including phenoxy) is 1. The van der Waals surface area contributed by atoms with Gasteiger partial charge in [0.25, 0.3) is 0 Å². The van der Waals surface area contributed by atoms with Crippen LogP contribution in [0.15, 0.2) is 12.1 Å². The Balaban J connectivity index is 0.000000505. The molecule has 3 N–H and O–H groups in total. The minimum Gasteiger partial charge on any atom is -0.448 e. The number of terminal acetylenes is 2. The topological polar surface area (TPSA) is 60.3 Å². The highest BCUT2D eigenvalue weighted by molar-refractivity contribution is 5.46. The first-order chi connectivity index (χ1) is 16.8. The van der Waals surface area contributed by atoms with Gasteiger partial charge in [0.05, 0.1) is 26.3 Å². The first-order valence-electron chi connectivity index (χ1n) is 13.0. The second-order valence-corrected chi connectivity index (χ2v) is 8.83. The number of methoxy groups -OCH3 is 1. The number of quaternary nitrogens is 1. The molecule has 190 valence electrons. The maximum Gasteiger partial charge on any atom is 0.366 e. The van der Waals surface area contributed by atoms with E-state index in [0.717, 1.165) is 37.7 Å². The number of aromatic nitrogens is 1. The van der Waals surface area contributed by atoms with Crippen LogP contribution in [-0.4, -0.2) is 44.6 Å². The number of hydrogen-bond donors (Lipinski definition) is 1. The van der Waals surface area contributed by atoms with Crippen molar-refractivity contribution >= 4 is 6.41 Å². The lowest BCUT2D eigenvalue weighted by Crippen LogP contribution is -2.81. The summed E-state index contributed by atoms with van der Waals surface area (Å²) in [7, 11) is 1.71. The van der Waals surface area contributed by atoms with Gasteiger partial charge in [-0.3, -0.25) is 4.79 Å². The zero-order valence-electron chi connectivity index (χ0n) is 21.8. The van der Waals surface area contributed by atoms with Gasteiger partial charge in [-0.1, -0.05) is 45.4 Å². The highest BCUT2D eigenvalue weighted by atomic mass is 16.5. The summed E-state index contributed by atoms with van der Waals surface area (Å²) in [5.74, 6) is 1.60. The lowest BCUT2D eigenvalue weighted by atomic mass is 9.95. The van der Waals surface area contributed by atoms with Gasteiger partial charge >= 0.3 is 5.88 Å². The fourth-order valence-electron chi connectivity index (χ4n) is 4.61. The van der Waals surface area contributed by atoms with E-state index in [2.05, 4.69) is 49.0 Å². The molecule has 2 saturated heterocycles. The van der Waals surface area contributed by atoms with Crippen molar-refractivity contribution in [1.29, 1.82) is 0 Å². The molecule has 3 fully saturated rings. The Morgan fingerprint density at radius 3 is 1.97 bits per heavy atom. The molecule has 2 aliphatic heterocycles. The second-order valence-electron chi connectivity index (χ2n) is 8.83. The van der Waals surface area contributed by atoms with Crippen molar-refractivity contribution in [2.75, 3.05) is 33.3 Å². The number of nitrogens with one attached hydrogen (secondary N) is 1. The molecular formula is C29H49N3O2+2. The Hall–Kier alpha value is -2.50. The number of carbonyl (C=O) groups excluding carboxylic acids is 1. The molecule has 0 bridgehead atoms. The fraction of sp³-hybridized carbons (Fsp3) is 0.655. The SMILES string of the molecule is C#C.C#C.C1CCCCC1.CCCc1[nH+]c(OC)ccc1[C@H]1CC[NH2+]C1.O=CN1CCCCC1. The van der Waals surface area contributed by atoms with E-state index in [1.807, 2.05) is 11.0 Å². The largest absolute Gasteiger partial charge is 0.448 e. The van der Waals surface area contributed by atoms with Gasteiger partial charge in [0, 0.05) is 37.4 Å². The third kappa shape index (κ3) is 13.3. The molecule has 3 aliphatic rings. The zero-order valence-corrected chi connectivity index (χ0v) is 21.8. The van der Waals surface area contributed by atoms with Gasteiger partial charge in [0.15, 0.2) is 5.69 Å². The van der Waals surface area contributed by atoms with Crippen LogP contribution in [0, 0.1) is 25.7 Å². The molecule has 0 radical (unpaired) electrons. The van der Waals surface area contributed by atoms with Gasteiger partial charge in [-0.25, -0.2) is 0 Å². The van der Waals surface area contributed by atoms with Gasteiger partial charge in [-0.05, 0) is 31.7 Å². The molecule has 5 nitrogen and oxygen atoms in total. The van der Waals surface area contributed by atoms with Crippen molar-refractivity contribution in [3.63, 3.8) is 0 Å². The van der Waals surface area contributed by atoms with Gasteiger partial charge < -0.3 is 15.0 Å². The summed E-state index contributed by atoms with van der Waals surface area (Å²) < 4.78 is 5.26. The molecule has 4 rings (SSSR count). The van der Waals surface area contributed by atoms with E-state index in [4.69, 9.17) is 4.74 Å². The average molecular weight is 472 g/mol. The smallest absolute Gasteiger partial charge is 0.366 e. The van der Waals surface area contributed by atoms with Crippen molar-refractivity contribution in [2.45, 2.75) is 89.9 Å². The molecule has 1 aliphatic carbocycles. The molecule has 1 aromatic rings. The van der Waals surface area contributed by atoms with Crippen molar-refractivity contribution in [3.05, 3.63) is 23.4 Å². The lowest BCUT2D eigenvalue weighted by Gasteiger charge is -2.21. The van der Waals surface area contributed by atoms with Crippen LogP contribution < -0.4 is 15.0 Å². The summed E-state index contributed by atoms with van der Waals surface area (Å²) >= 11 is 0. The van der Waals surface area contributed by atoms with E-state index >= 15 is 0 Å². The number of nitrogens with two attached hydrogens (primary N) is 1. The standard InChI is InChI=1S/C13H20N2O.C6H11NO.C6H12.2C2H2/c1-3-4-12-11(10-7-8-14-9-10)5-6-13(15-12)16-2;8-6-7-4-2-1-3-5-7;1-2-4-6-5-3-1;2*1-2/h5-6,10,14H,3-4,7-9H2,1-2H3;6H,1-5H2;1-6H2;2*1-2H/p+2/t10-;;;;/m0..../s1. The molecule has 0 unspecified atom stereocenters. The maximum absolute atomic E-state index is 10.1. The highest BCUT2D eigenvalue weighted by Crippen LogP contribution is 2.23. The maximum atomic E-state index is 10.1. The normalized spacial score (nSPS) is 18.6. The van der Waals surface area contributed by atoms with E-state index in [9.17, 15) is 4.79 Å². The Bertz CT molecular complexity index is 638. The quantitative estimate of drug-likeness (QED) is 0.522. The predicted octanol–water partition coefficient (Wildman–Crippen LogP) is 3.98. The average Bonchev–Trinajstić information content (AvgIpc) is 3.48. The number of aromatic amines is 1. The number of likely N-dealkylation sites (tertiary alicyclic amines) is 1. The number of H-pyrrole nitrogens is 1. The van der Waals surface area contributed by atoms with Crippen molar-refractivity contribution < 1.29 is 19.8 Å². The third-order valence-corrected chi connectivity index (χ3v) is 6.41. The van der Waals surface area contributed by atoms with Gasteiger partial charge in [-0.15, -0.1) is 25.7 Å². The van der Waals surface area contributed by atoms with E-state index in [-0.39, 0.29) is 0 Å². The summed E-state index contributed by atoms with van der Waals surface area (Å²) in [4.78, 5) is 15.3. The fourth-order valence-corrected chi connectivity index (χ4v) is 4.61. The van der Waals surface area contributed by atoms with Gasteiger partial charge in [0.2, 0.25) is 6.41 Å². The van der Waals surface area contributed by atoms with Crippen LogP contribution in [0.1, 0.15) is 94.7 Å². The summed E-state index contributed by atoms with van der Waals surface area (Å²) in [5, 5.41) is 2.41. The molecule has 0 spiro atoms. The number of pyridine rings is 1. The Morgan fingerprint density at radius 1 is 1.00 bits per heavy atom. The first kappa shape index (κ1) is 31.5. The Kier molecular flexibility index (Phi) is 20.7. The van der Waals surface area contributed by atoms with Crippen LogP contribution in [0.2, 0.25) is 0 Å². The number of piperidine rings is 1. The van der Waals surface area contributed by atoms with Gasteiger partial charge in [0.1, 0.15) is 0 Å². The number of rotatable bonds is 5. The molecule has 0 aromatic carbocycles. The molecule has 1 atom stereocenters. The van der Waals surface area contributed by atoms with Crippen LogP contribution >= 0.6 is 0 Å². The molecule has 34 heavy (non-hydrogen) atoms. The van der Waals surface area contributed by atoms with Crippen LogP contribution in [0.5, 0.6) is 5.88 Å². The van der Waals surface area contributed by atoms with Crippen LogP contribution in [0.3, 0.4) is 0 Å². The zero-order chi connectivity index (χ0) is 25.4. The van der Waals surface area contributed by atoms with Gasteiger partial charge in [-0.2, -0.15) is 4.98 Å². The Labute approximate surface area is 209 Å². The Morgan fingerprint density at radius 2 is 1.56 bits per heavy atom. The van der Waals surface area contributed by atoms with Crippen molar-refractivity contribution in [2.24, 2.45) is 0 Å². The van der Waals surface area contributed by atoms with Crippen LogP contribution in [-0.2, 0) is 11.2 Å². The van der Waals surface area contributed by atoms with E-state index in [1.165, 1.54) is 95.0 Å². The summed E-state index contributed by atoms with van der Waals surface area (Å²) in [6.07, 6.45) is 33.2. The minimum atomic E-state index is 0.726. The molecule has 1 amide bonds. The number of aryl methyl sites for hydroxylation is 1. The monoisotopic (exact) mass is 471 g/mol. The number of amides is 1. The number of nitrogens with zero attached hydrogens (tertiary/aromatic N) is 1. The van der Waals surface area contributed by atoms with E-state index in [0.29, 0.717) is 0 Å². The molecule has 3 heterocycles. The molecule has 5 heteroatoms. The second kappa shape index (κ2) is 22.3. The molecular weight excluding hydrogens is 422 g/mol. The highest BCUT2D eigenvalue weighted by Gasteiger charge is 2.26. The van der Waals surface area contributed by atoms with Crippen molar-refractivity contribution in [1.82, 2.24) is 4.90 Å². The van der Waals surface area contributed by atoms with Crippen molar-refractivity contribution in [3.8, 4) is 31.6 Å². The van der Waals surface area contributed by atoms with E-state index < -0.39 is 0 Å².